The highest BCUT2D eigenvalue weighted by atomic mass is 127. The minimum atomic E-state index is 0. The molecular formula is C20H28IN3O3. The predicted octanol–water partition coefficient (Wildman–Crippen LogP) is 2.63. The number of halogens is 1. The molecule has 2 aromatic carbocycles. The van der Waals surface area contributed by atoms with Crippen LogP contribution in [0.4, 0.5) is 0 Å². The number of benzene rings is 2. The van der Waals surface area contributed by atoms with Crippen molar-refractivity contribution in [3.8, 4) is 11.5 Å². The molecule has 2 aromatic rings. The van der Waals surface area contributed by atoms with Crippen LogP contribution >= 0.6 is 24.0 Å². The van der Waals surface area contributed by atoms with E-state index in [1.807, 2.05) is 54.6 Å². The Labute approximate surface area is 178 Å². The fraction of sp³-hybridized carbons (Fsp3) is 0.350. The average Bonchev–Trinajstić information content (AvgIpc) is 2.71. The third kappa shape index (κ3) is 8.04. The minimum absolute atomic E-state index is 0. The summed E-state index contributed by atoms with van der Waals surface area (Å²) in [6, 6.07) is 17.4. The lowest BCUT2D eigenvalue weighted by Crippen LogP contribution is -2.41. The molecule has 7 heteroatoms. The lowest BCUT2D eigenvalue weighted by Gasteiger charge is -2.18. The molecule has 1 unspecified atom stereocenters. The van der Waals surface area contributed by atoms with Gasteiger partial charge in [-0.1, -0.05) is 30.3 Å². The molecule has 0 bridgehead atoms. The van der Waals surface area contributed by atoms with E-state index in [0.717, 1.165) is 17.1 Å². The summed E-state index contributed by atoms with van der Waals surface area (Å²) in [4.78, 5) is 4.20. The molecular weight excluding hydrogens is 457 g/mol. The van der Waals surface area contributed by atoms with Crippen molar-refractivity contribution in [3.63, 3.8) is 0 Å². The van der Waals surface area contributed by atoms with Gasteiger partial charge in [0.2, 0.25) is 0 Å². The Bertz CT molecular complexity index is 666. The topological polar surface area (TPSA) is 75.1 Å². The van der Waals surface area contributed by atoms with Gasteiger partial charge in [-0.2, -0.15) is 0 Å². The van der Waals surface area contributed by atoms with Crippen LogP contribution in [0.25, 0.3) is 0 Å². The van der Waals surface area contributed by atoms with Crippen molar-refractivity contribution in [1.29, 1.82) is 0 Å². The van der Waals surface area contributed by atoms with Gasteiger partial charge in [0.25, 0.3) is 0 Å². The standard InChI is InChI=1S/C20H27N3O3.HI/c1-21-20(23-14-17(15-24)16-6-4-3-5-7-16)22-12-13-26-19-10-8-18(25-2)9-11-19;/h3-11,17,24H,12-15H2,1-2H3,(H2,21,22,23);1H. The molecule has 0 heterocycles. The lowest BCUT2D eigenvalue weighted by atomic mass is 10.0. The number of rotatable bonds is 9. The Kier molecular flexibility index (Phi) is 11.3. The maximum atomic E-state index is 9.61. The van der Waals surface area contributed by atoms with Gasteiger partial charge in [0.15, 0.2) is 5.96 Å². The smallest absolute Gasteiger partial charge is 0.191 e. The van der Waals surface area contributed by atoms with Crippen LogP contribution < -0.4 is 20.1 Å². The molecule has 1 atom stereocenters. The van der Waals surface area contributed by atoms with Crippen molar-refractivity contribution in [2.75, 3.05) is 40.5 Å². The molecule has 0 amide bonds. The number of aliphatic hydroxyl groups is 1. The molecule has 6 nitrogen and oxygen atoms in total. The van der Waals surface area contributed by atoms with Crippen molar-refractivity contribution in [2.24, 2.45) is 4.99 Å². The van der Waals surface area contributed by atoms with Crippen LogP contribution in [0.3, 0.4) is 0 Å². The first-order valence-electron chi connectivity index (χ1n) is 8.64. The van der Waals surface area contributed by atoms with Crippen LogP contribution in [-0.4, -0.2) is 51.5 Å². The summed E-state index contributed by atoms with van der Waals surface area (Å²) in [5.74, 6) is 2.29. The van der Waals surface area contributed by atoms with Gasteiger partial charge in [0.05, 0.1) is 20.3 Å². The zero-order chi connectivity index (χ0) is 18.6. The summed E-state index contributed by atoms with van der Waals surface area (Å²) in [5.41, 5.74) is 1.10. The van der Waals surface area contributed by atoms with Gasteiger partial charge < -0.3 is 25.2 Å². The number of nitrogens with zero attached hydrogens (tertiary/aromatic N) is 1. The lowest BCUT2D eigenvalue weighted by molar-refractivity contribution is 0.265. The molecule has 0 aliphatic rings. The molecule has 148 valence electrons. The highest BCUT2D eigenvalue weighted by Crippen LogP contribution is 2.16. The largest absolute Gasteiger partial charge is 0.497 e. The van der Waals surface area contributed by atoms with Crippen LogP contribution in [0.15, 0.2) is 59.6 Å². The third-order valence-corrected chi connectivity index (χ3v) is 3.95. The summed E-state index contributed by atoms with van der Waals surface area (Å²) >= 11 is 0. The second kappa shape index (κ2) is 13.2. The van der Waals surface area contributed by atoms with Gasteiger partial charge in [0.1, 0.15) is 18.1 Å². The minimum Gasteiger partial charge on any atom is -0.497 e. The third-order valence-electron chi connectivity index (χ3n) is 3.95. The molecule has 2 rings (SSSR count). The Hall–Kier alpha value is -2.00. The van der Waals surface area contributed by atoms with E-state index in [2.05, 4.69) is 15.6 Å². The zero-order valence-corrected chi connectivity index (χ0v) is 18.1. The first kappa shape index (κ1) is 23.0. The Morgan fingerprint density at radius 1 is 1.04 bits per heavy atom. The Balaban J connectivity index is 0.00000364. The second-order valence-electron chi connectivity index (χ2n) is 5.69. The van der Waals surface area contributed by atoms with E-state index < -0.39 is 0 Å². The summed E-state index contributed by atoms with van der Waals surface area (Å²) in [5, 5.41) is 16.1. The highest BCUT2D eigenvalue weighted by Gasteiger charge is 2.10. The monoisotopic (exact) mass is 485 g/mol. The number of methoxy groups -OCH3 is 1. The van der Waals surface area contributed by atoms with E-state index >= 15 is 0 Å². The number of aliphatic hydroxyl groups excluding tert-OH is 1. The van der Waals surface area contributed by atoms with E-state index in [-0.39, 0.29) is 36.5 Å². The van der Waals surface area contributed by atoms with Crippen LogP contribution in [0.2, 0.25) is 0 Å². The number of ether oxygens (including phenoxy) is 2. The SMILES string of the molecule is CN=C(NCCOc1ccc(OC)cc1)NCC(CO)c1ccccc1.I. The van der Waals surface area contributed by atoms with E-state index in [4.69, 9.17) is 9.47 Å². The van der Waals surface area contributed by atoms with Crippen molar-refractivity contribution >= 4 is 29.9 Å². The van der Waals surface area contributed by atoms with Gasteiger partial charge in [-0.25, -0.2) is 0 Å². The van der Waals surface area contributed by atoms with Gasteiger partial charge in [-0.05, 0) is 29.8 Å². The zero-order valence-electron chi connectivity index (χ0n) is 15.7. The van der Waals surface area contributed by atoms with E-state index in [1.165, 1.54) is 0 Å². The first-order chi connectivity index (χ1) is 12.8. The van der Waals surface area contributed by atoms with Gasteiger partial charge >= 0.3 is 0 Å². The number of aliphatic imine (C=N–C) groups is 1. The quantitative estimate of drug-likeness (QED) is 0.221. The van der Waals surface area contributed by atoms with Crippen molar-refractivity contribution in [2.45, 2.75) is 5.92 Å². The van der Waals surface area contributed by atoms with Gasteiger partial charge in [0, 0.05) is 19.5 Å². The Morgan fingerprint density at radius 3 is 2.30 bits per heavy atom. The average molecular weight is 485 g/mol. The van der Waals surface area contributed by atoms with Crippen molar-refractivity contribution in [3.05, 3.63) is 60.2 Å². The normalized spacial score (nSPS) is 11.9. The fourth-order valence-electron chi connectivity index (χ4n) is 2.46. The summed E-state index contributed by atoms with van der Waals surface area (Å²) in [7, 11) is 3.35. The van der Waals surface area contributed by atoms with Crippen LogP contribution in [0.1, 0.15) is 11.5 Å². The van der Waals surface area contributed by atoms with E-state index in [0.29, 0.717) is 25.7 Å². The molecule has 0 aliphatic heterocycles. The van der Waals surface area contributed by atoms with Crippen LogP contribution in [0, 0.1) is 0 Å². The van der Waals surface area contributed by atoms with Crippen LogP contribution in [0.5, 0.6) is 11.5 Å². The van der Waals surface area contributed by atoms with E-state index in [9.17, 15) is 5.11 Å². The maximum absolute atomic E-state index is 9.61. The molecule has 0 spiro atoms. The second-order valence-corrected chi connectivity index (χ2v) is 5.69. The number of hydrogen-bond donors (Lipinski definition) is 3. The number of nitrogens with one attached hydrogen (secondary N) is 2. The first-order valence-corrected chi connectivity index (χ1v) is 8.64. The van der Waals surface area contributed by atoms with Crippen molar-refractivity contribution in [1.82, 2.24) is 10.6 Å². The van der Waals surface area contributed by atoms with Gasteiger partial charge in [-0.15, -0.1) is 24.0 Å². The maximum Gasteiger partial charge on any atom is 0.191 e. The summed E-state index contributed by atoms with van der Waals surface area (Å²) < 4.78 is 10.8. The van der Waals surface area contributed by atoms with Gasteiger partial charge in [-0.3, -0.25) is 4.99 Å². The fourth-order valence-corrected chi connectivity index (χ4v) is 2.46. The molecule has 0 saturated heterocycles. The molecule has 0 aromatic heterocycles. The number of hydrogen-bond acceptors (Lipinski definition) is 4. The molecule has 0 fully saturated rings. The number of guanidine groups is 1. The highest BCUT2D eigenvalue weighted by molar-refractivity contribution is 14.0. The van der Waals surface area contributed by atoms with E-state index in [1.54, 1.807) is 14.2 Å². The predicted molar refractivity (Wildman–Crippen MR) is 120 cm³/mol. The van der Waals surface area contributed by atoms with Crippen molar-refractivity contribution < 1.29 is 14.6 Å². The summed E-state index contributed by atoms with van der Waals surface area (Å²) in [6.07, 6.45) is 0. The van der Waals surface area contributed by atoms with Crippen LogP contribution in [-0.2, 0) is 0 Å². The molecule has 27 heavy (non-hydrogen) atoms. The molecule has 0 aliphatic carbocycles. The molecule has 3 N–H and O–H groups in total. The molecule has 0 radical (unpaired) electrons. The Morgan fingerprint density at radius 2 is 1.70 bits per heavy atom. The molecule has 0 saturated carbocycles. The summed E-state index contributed by atoms with van der Waals surface area (Å²) in [6.45, 7) is 1.80.